The summed E-state index contributed by atoms with van der Waals surface area (Å²) in [5, 5.41) is 9.51. The van der Waals surface area contributed by atoms with Crippen molar-refractivity contribution in [1.29, 1.82) is 0 Å². The van der Waals surface area contributed by atoms with Crippen molar-refractivity contribution >= 4 is 23.6 Å². The summed E-state index contributed by atoms with van der Waals surface area (Å²) in [5.41, 5.74) is -0.774. The van der Waals surface area contributed by atoms with Gasteiger partial charge in [0.1, 0.15) is 0 Å². The molecule has 0 spiro atoms. The number of amides is 1. The summed E-state index contributed by atoms with van der Waals surface area (Å²) in [6.07, 6.45) is 1.56. The lowest BCUT2D eigenvalue weighted by Gasteiger charge is -2.33. The zero-order chi connectivity index (χ0) is 13.9. The van der Waals surface area contributed by atoms with Crippen LogP contribution < -0.4 is 0 Å². The third-order valence-corrected chi connectivity index (χ3v) is 5.21. The molecule has 0 aromatic rings. The molecule has 0 saturated carbocycles. The first-order valence-electron chi connectivity index (χ1n) is 6.77. The summed E-state index contributed by atoms with van der Waals surface area (Å²) >= 11 is 1.62. The van der Waals surface area contributed by atoms with Gasteiger partial charge in [-0.25, -0.2) is 0 Å². The minimum Gasteiger partial charge on any atom is -0.481 e. The molecule has 2 aliphatic heterocycles. The number of hydrogen-bond acceptors (Lipinski definition) is 4. The molecule has 2 heterocycles. The topological polar surface area (TPSA) is 66.8 Å². The van der Waals surface area contributed by atoms with Crippen LogP contribution >= 0.6 is 11.8 Å². The Morgan fingerprint density at radius 2 is 2.32 bits per heavy atom. The molecule has 0 aromatic carbocycles. The lowest BCUT2D eigenvalue weighted by atomic mass is 9.74. The summed E-state index contributed by atoms with van der Waals surface area (Å²) in [5.74, 6) is 0.650. The van der Waals surface area contributed by atoms with Crippen LogP contribution in [0.25, 0.3) is 0 Å². The van der Waals surface area contributed by atoms with Crippen molar-refractivity contribution in [2.75, 3.05) is 37.8 Å². The summed E-state index contributed by atoms with van der Waals surface area (Å²) < 4.78 is 5.38. The molecule has 2 fully saturated rings. The molecule has 1 N–H and O–H groups in total. The summed E-state index contributed by atoms with van der Waals surface area (Å²) in [6, 6.07) is 0. The number of carbonyl (C=O) groups excluding carboxylic acids is 1. The Hall–Kier alpha value is -0.750. The van der Waals surface area contributed by atoms with Gasteiger partial charge in [-0.15, -0.1) is 0 Å². The van der Waals surface area contributed by atoms with Crippen molar-refractivity contribution in [1.82, 2.24) is 4.90 Å². The number of likely N-dealkylation sites (tertiary alicyclic amines) is 1. The maximum absolute atomic E-state index is 12.1. The van der Waals surface area contributed by atoms with E-state index in [0.717, 1.165) is 12.2 Å². The normalized spacial score (nSPS) is 30.2. The molecule has 0 aliphatic carbocycles. The summed E-state index contributed by atoms with van der Waals surface area (Å²) in [4.78, 5) is 25.4. The van der Waals surface area contributed by atoms with Gasteiger partial charge in [-0.1, -0.05) is 6.92 Å². The van der Waals surface area contributed by atoms with E-state index in [2.05, 4.69) is 6.92 Å². The number of ether oxygens (including phenoxy) is 1. The minimum atomic E-state index is -0.780. The second kappa shape index (κ2) is 6.13. The van der Waals surface area contributed by atoms with Crippen LogP contribution in [0.1, 0.15) is 19.8 Å². The molecule has 0 radical (unpaired) electrons. The first kappa shape index (κ1) is 14.7. The van der Waals surface area contributed by atoms with Crippen LogP contribution in [0.3, 0.4) is 0 Å². The molecule has 2 aliphatic rings. The number of thioether (sulfide) groups is 1. The van der Waals surface area contributed by atoms with Crippen molar-refractivity contribution < 1.29 is 19.4 Å². The fourth-order valence-electron chi connectivity index (χ4n) is 2.88. The predicted molar refractivity (Wildman–Crippen MR) is 73.2 cm³/mol. The van der Waals surface area contributed by atoms with Gasteiger partial charge in [0.15, 0.2) is 0 Å². The number of fused-ring (bicyclic) bond motifs is 1. The Labute approximate surface area is 117 Å². The first-order chi connectivity index (χ1) is 9.10. The fraction of sp³-hybridized carbons (Fsp3) is 0.846. The number of rotatable bonds is 5. The van der Waals surface area contributed by atoms with Crippen LogP contribution in [0.5, 0.6) is 0 Å². The van der Waals surface area contributed by atoms with Crippen LogP contribution in [-0.2, 0) is 14.3 Å². The second-order valence-corrected chi connectivity index (χ2v) is 6.42. The largest absolute Gasteiger partial charge is 0.481 e. The third-order valence-electron chi connectivity index (χ3n) is 4.06. The third kappa shape index (κ3) is 2.89. The first-order valence-corrected chi connectivity index (χ1v) is 7.92. The fourth-order valence-corrected chi connectivity index (χ4v) is 3.67. The van der Waals surface area contributed by atoms with E-state index in [1.54, 1.807) is 16.7 Å². The van der Waals surface area contributed by atoms with Gasteiger partial charge in [0, 0.05) is 25.6 Å². The van der Waals surface area contributed by atoms with Crippen molar-refractivity contribution in [3.8, 4) is 0 Å². The zero-order valence-electron chi connectivity index (χ0n) is 11.3. The highest BCUT2D eigenvalue weighted by atomic mass is 32.2. The molecular formula is C13H21NO4S. The zero-order valence-corrected chi connectivity index (χ0v) is 12.1. The quantitative estimate of drug-likeness (QED) is 0.766. The lowest BCUT2D eigenvalue weighted by molar-refractivity contribution is -0.157. The standard InChI is InChI=1S/C13H21NO4S/c1-2-5-19-8-11(15)14-6-10-7-18-4-3-13(10,9-14)12(16)17/h10H,2-9H2,1H3,(H,16,17)/t10-,13+/m0/s1. The van der Waals surface area contributed by atoms with Crippen LogP contribution in [0.2, 0.25) is 0 Å². The molecule has 2 saturated heterocycles. The molecule has 2 atom stereocenters. The number of nitrogens with zero attached hydrogens (tertiary/aromatic N) is 1. The van der Waals surface area contributed by atoms with Crippen LogP contribution in [0, 0.1) is 11.3 Å². The van der Waals surface area contributed by atoms with Crippen LogP contribution in [0.4, 0.5) is 0 Å². The molecule has 108 valence electrons. The van der Waals surface area contributed by atoms with E-state index in [4.69, 9.17) is 4.74 Å². The molecule has 6 heteroatoms. The van der Waals surface area contributed by atoms with Gasteiger partial charge in [-0.05, 0) is 18.6 Å². The second-order valence-electron chi connectivity index (χ2n) is 5.31. The van der Waals surface area contributed by atoms with Crippen molar-refractivity contribution in [3.05, 3.63) is 0 Å². The monoisotopic (exact) mass is 287 g/mol. The number of aliphatic carboxylic acids is 1. The Balaban J connectivity index is 1.99. The minimum absolute atomic E-state index is 0.0566. The average Bonchev–Trinajstić information content (AvgIpc) is 2.79. The predicted octanol–water partition coefficient (Wildman–Crippen LogP) is 1.08. The van der Waals surface area contributed by atoms with Crippen LogP contribution in [-0.4, -0.2) is 59.7 Å². The molecule has 0 bridgehead atoms. The number of carboxylic acids is 1. The van der Waals surface area contributed by atoms with Crippen molar-refractivity contribution in [2.24, 2.45) is 11.3 Å². The molecule has 1 amide bonds. The van der Waals surface area contributed by atoms with Gasteiger partial charge in [-0.2, -0.15) is 11.8 Å². The number of hydrogen-bond donors (Lipinski definition) is 1. The smallest absolute Gasteiger partial charge is 0.311 e. The Bertz CT molecular complexity index is 363. The lowest BCUT2D eigenvalue weighted by Crippen LogP contribution is -2.45. The highest BCUT2D eigenvalue weighted by Crippen LogP contribution is 2.42. The van der Waals surface area contributed by atoms with Gasteiger partial charge in [0.2, 0.25) is 5.91 Å². The molecule has 2 rings (SSSR count). The van der Waals surface area contributed by atoms with Crippen LogP contribution in [0.15, 0.2) is 0 Å². The van der Waals surface area contributed by atoms with Gasteiger partial charge < -0.3 is 14.7 Å². The molecule has 5 nitrogen and oxygen atoms in total. The molecular weight excluding hydrogens is 266 g/mol. The van der Waals surface area contributed by atoms with Gasteiger partial charge in [0.25, 0.3) is 0 Å². The van der Waals surface area contributed by atoms with Gasteiger partial charge >= 0.3 is 5.97 Å². The molecule has 19 heavy (non-hydrogen) atoms. The van der Waals surface area contributed by atoms with Crippen molar-refractivity contribution in [2.45, 2.75) is 19.8 Å². The van der Waals surface area contributed by atoms with E-state index in [1.165, 1.54) is 0 Å². The Kier molecular flexibility index (Phi) is 4.73. The summed E-state index contributed by atoms with van der Waals surface area (Å²) in [7, 11) is 0. The summed E-state index contributed by atoms with van der Waals surface area (Å²) in [6.45, 7) is 3.89. The maximum atomic E-state index is 12.1. The SMILES string of the molecule is CCCSCC(=O)N1C[C@H]2COCC[C@@]2(C(=O)O)C1. The highest BCUT2D eigenvalue weighted by Gasteiger charge is 2.54. The number of carboxylic acid groups (broad SMARTS) is 1. The van der Waals surface area contributed by atoms with E-state index < -0.39 is 11.4 Å². The average molecular weight is 287 g/mol. The Morgan fingerprint density at radius 3 is 2.95 bits per heavy atom. The van der Waals surface area contributed by atoms with Gasteiger partial charge in [0.05, 0.1) is 17.8 Å². The van der Waals surface area contributed by atoms with Gasteiger partial charge in [-0.3, -0.25) is 9.59 Å². The molecule has 0 unspecified atom stereocenters. The van der Waals surface area contributed by atoms with E-state index >= 15 is 0 Å². The highest BCUT2D eigenvalue weighted by molar-refractivity contribution is 7.99. The van der Waals surface area contributed by atoms with Crippen molar-refractivity contribution in [3.63, 3.8) is 0 Å². The molecule has 0 aromatic heterocycles. The van der Waals surface area contributed by atoms with E-state index in [0.29, 0.717) is 38.5 Å². The van der Waals surface area contributed by atoms with E-state index in [9.17, 15) is 14.7 Å². The maximum Gasteiger partial charge on any atom is 0.311 e. The van der Waals surface area contributed by atoms with E-state index in [-0.39, 0.29) is 11.8 Å². The number of carbonyl (C=O) groups is 2. The Morgan fingerprint density at radius 1 is 1.53 bits per heavy atom. The van der Waals surface area contributed by atoms with E-state index in [1.807, 2.05) is 0 Å².